The van der Waals surface area contributed by atoms with Gasteiger partial charge in [-0.05, 0) is 43.4 Å². The van der Waals surface area contributed by atoms with Crippen LogP contribution in [-0.2, 0) is 0 Å². The number of hydrogen-bond acceptors (Lipinski definition) is 2. The van der Waals surface area contributed by atoms with E-state index in [1.165, 1.54) is 24.6 Å². The van der Waals surface area contributed by atoms with Crippen LogP contribution in [0.25, 0.3) is 10.9 Å². The van der Waals surface area contributed by atoms with Crippen LogP contribution in [0.3, 0.4) is 0 Å². The first kappa shape index (κ1) is 12.9. The quantitative estimate of drug-likeness (QED) is 0.787. The topological polar surface area (TPSA) is 16.1 Å². The van der Waals surface area contributed by atoms with E-state index in [0.29, 0.717) is 0 Å². The maximum absolute atomic E-state index is 4.81. The molecule has 1 aliphatic heterocycles. The van der Waals surface area contributed by atoms with Crippen LogP contribution in [0.15, 0.2) is 36.4 Å². The van der Waals surface area contributed by atoms with Gasteiger partial charge in [0.15, 0.2) is 0 Å². The Labute approximate surface area is 123 Å². The average Bonchev–Trinajstić information content (AvgIpc) is 2.47. The summed E-state index contributed by atoms with van der Waals surface area (Å²) < 4.78 is 0. The van der Waals surface area contributed by atoms with Gasteiger partial charge in [-0.15, -0.1) is 0 Å². The molecule has 1 aromatic heterocycles. The number of piperidine rings is 1. The lowest BCUT2D eigenvalue weighted by Crippen LogP contribution is -2.36. The zero-order chi connectivity index (χ0) is 13.1. The minimum absolute atomic E-state index is 0.807. The first-order valence-electron chi connectivity index (χ1n) is 7.03. The Kier molecular flexibility index (Phi) is 4.02. The van der Waals surface area contributed by atoms with Gasteiger partial charge in [-0.25, -0.2) is 4.98 Å². The smallest absolute Gasteiger partial charge is 0.129 e. The molecule has 0 radical (unpaired) electrons. The monoisotopic (exact) mass is 318 g/mol. The van der Waals surface area contributed by atoms with Crippen LogP contribution >= 0.6 is 15.9 Å². The number of nitrogens with zero attached hydrogens (tertiary/aromatic N) is 2. The number of alkyl halides is 1. The normalized spacial score (nSPS) is 19.8. The first-order chi connectivity index (χ1) is 9.36. The third-order valence-corrected chi connectivity index (χ3v) is 4.40. The fourth-order valence-electron chi connectivity index (χ4n) is 2.89. The molecule has 0 amide bonds. The molecule has 0 saturated carbocycles. The Balaban J connectivity index is 1.83. The van der Waals surface area contributed by atoms with Gasteiger partial charge >= 0.3 is 0 Å². The van der Waals surface area contributed by atoms with E-state index in [1.807, 2.05) is 0 Å². The van der Waals surface area contributed by atoms with E-state index in [1.54, 1.807) is 0 Å². The molecule has 3 rings (SSSR count). The maximum Gasteiger partial charge on any atom is 0.129 e. The van der Waals surface area contributed by atoms with Crippen LogP contribution in [0.4, 0.5) is 5.82 Å². The minimum atomic E-state index is 0.807. The molecule has 2 nitrogen and oxygen atoms in total. The summed E-state index contributed by atoms with van der Waals surface area (Å²) in [6, 6.07) is 12.7. The van der Waals surface area contributed by atoms with E-state index in [-0.39, 0.29) is 0 Å². The summed E-state index contributed by atoms with van der Waals surface area (Å²) in [5.41, 5.74) is 1.10. The first-order valence-corrected chi connectivity index (χ1v) is 8.15. The molecule has 1 atom stereocenters. The van der Waals surface area contributed by atoms with Gasteiger partial charge < -0.3 is 4.90 Å². The molecule has 0 aliphatic carbocycles. The van der Waals surface area contributed by atoms with Gasteiger partial charge in [0.25, 0.3) is 0 Å². The van der Waals surface area contributed by atoms with Gasteiger partial charge in [0.2, 0.25) is 0 Å². The highest BCUT2D eigenvalue weighted by Crippen LogP contribution is 2.25. The van der Waals surface area contributed by atoms with Crippen molar-refractivity contribution < 1.29 is 0 Å². The lowest BCUT2D eigenvalue weighted by molar-refractivity contribution is 0.406. The van der Waals surface area contributed by atoms with Gasteiger partial charge in [-0.1, -0.05) is 34.1 Å². The summed E-state index contributed by atoms with van der Waals surface area (Å²) in [4.78, 5) is 7.26. The van der Waals surface area contributed by atoms with Crippen molar-refractivity contribution >= 4 is 32.7 Å². The summed E-state index contributed by atoms with van der Waals surface area (Å²) in [7, 11) is 0. The fourth-order valence-corrected chi connectivity index (χ4v) is 3.54. The molecule has 2 heterocycles. The van der Waals surface area contributed by atoms with Crippen LogP contribution in [0, 0.1) is 5.92 Å². The van der Waals surface area contributed by atoms with Crippen LogP contribution in [0.1, 0.15) is 19.3 Å². The molecule has 0 N–H and O–H groups in total. The van der Waals surface area contributed by atoms with Crippen LogP contribution in [0.5, 0.6) is 0 Å². The van der Waals surface area contributed by atoms with E-state index < -0.39 is 0 Å². The molecule has 19 heavy (non-hydrogen) atoms. The van der Waals surface area contributed by atoms with Crippen molar-refractivity contribution in [3.05, 3.63) is 36.4 Å². The van der Waals surface area contributed by atoms with Crippen molar-refractivity contribution in [1.29, 1.82) is 0 Å². The third-order valence-electron chi connectivity index (χ3n) is 3.94. The molecule has 1 aliphatic rings. The van der Waals surface area contributed by atoms with Crippen LogP contribution in [-0.4, -0.2) is 23.4 Å². The number of aromatic nitrogens is 1. The van der Waals surface area contributed by atoms with E-state index in [9.17, 15) is 0 Å². The predicted molar refractivity (Wildman–Crippen MR) is 85.1 cm³/mol. The highest BCUT2D eigenvalue weighted by molar-refractivity contribution is 9.09. The average molecular weight is 319 g/mol. The summed E-state index contributed by atoms with van der Waals surface area (Å²) in [6.45, 7) is 2.29. The van der Waals surface area contributed by atoms with Crippen molar-refractivity contribution in [2.24, 2.45) is 5.92 Å². The highest BCUT2D eigenvalue weighted by Gasteiger charge is 2.20. The molecule has 1 fully saturated rings. The molecule has 3 heteroatoms. The predicted octanol–water partition coefficient (Wildman–Crippen LogP) is 4.24. The molecule has 1 aromatic carbocycles. The Morgan fingerprint density at radius 3 is 3.00 bits per heavy atom. The van der Waals surface area contributed by atoms with Crippen molar-refractivity contribution in [1.82, 2.24) is 4.98 Å². The molecule has 1 saturated heterocycles. The Morgan fingerprint density at radius 2 is 2.11 bits per heavy atom. The Bertz CT molecular complexity index is 553. The van der Waals surface area contributed by atoms with Crippen molar-refractivity contribution in [2.75, 3.05) is 23.3 Å². The van der Waals surface area contributed by atoms with Crippen molar-refractivity contribution in [2.45, 2.75) is 19.3 Å². The largest absolute Gasteiger partial charge is 0.356 e. The van der Waals surface area contributed by atoms with Gasteiger partial charge in [0.05, 0.1) is 5.52 Å². The van der Waals surface area contributed by atoms with Gasteiger partial charge in [0.1, 0.15) is 5.82 Å². The van der Waals surface area contributed by atoms with Crippen LogP contribution < -0.4 is 4.90 Å². The number of hydrogen-bond donors (Lipinski definition) is 0. The molecule has 0 bridgehead atoms. The number of para-hydroxylation sites is 1. The summed E-state index contributed by atoms with van der Waals surface area (Å²) in [6.07, 6.45) is 3.91. The second kappa shape index (κ2) is 5.91. The maximum atomic E-state index is 4.81. The fraction of sp³-hybridized carbons (Fsp3) is 0.438. The number of halogens is 1. The third kappa shape index (κ3) is 2.92. The highest BCUT2D eigenvalue weighted by atomic mass is 79.9. The molecule has 1 unspecified atom stereocenters. The second-order valence-electron chi connectivity index (χ2n) is 5.29. The van der Waals surface area contributed by atoms with Gasteiger partial charge in [0, 0.05) is 23.8 Å². The van der Waals surface area contributed by atoms with Crippen LogP contribution in [0.2, 0.25) is 0 Å². The lowest BCUT2D eigenvalue weighted by Gasteiger charge is -2.33. The van der Waals surface area contributed by atoms with Gasteiger partial charge in [-0.2, -0.15) is 0 Å². The summed E-state index contributed by atoms with van der Waals surface area (Å²) in [5.74, 6) is 1.94. The minimum Gasteiger partial charge on any atom is -0.356 e. The lowest BCUT2D eigenvalue weighted by atomic mass is 9.95. The zero-order valence-corrected chi connectivity index (χ0v) is 12.6. The van der Waals surface area contributed by atoms with E-state index in [4.69, 9.17) is 4.98 Å². The standard InChI is InChI=1S/C16H19BrN2/c17-10-9-13-4-3-11-19(12-13)16-8-7-14-5-1-2-6-15(14)18-16/h1-2,5-8,13H,3-4,9-12H2. The Hall–Kier alpha value is -1.09. The molecule has 100 valence electrons. The number of pyridine rings is 1. The SMILES string of the molecule is BrCCC1CCCN(c2ccc3ccccc3n2)C1. The molecular weight excluding hydrogens is 300 g/mol. The number of benzene rings is 1. The zero-order valence-electron chi connectivity index (χ0n) is 11.1. The summed E-state index contributed by atoms with van der Waals surface area (Å²) in [5, 5.41) is 2.33. The Morgan fingerprint density at radius 1 is 1.21 bits per heavy atom. The molecule has 2 aromatic rings. The van der Waals surface area contributed by atoms with E-state index in [2.05, 4.69) is 57.2 Å². The van der Waals surface area contributed by atoms with E-state index in [0.717, 1.165) is 35.7 Å². The van der Waals surface area contributed by atoms with Gasteiger partial charge in [-0.3, -0.25) is 0 Å². The van der Waals surface area contributed by atoms with Crippen molar-refractivity contribution in [3.63, 3.8) is 0 Å². The van der Waals surface area contributed by atoms with Crippen molar-refractivity contribution in [3.8, 4) is 0 Å². The number of anilines is 1. The van der Waals surface area contributed by atoms with E-state index >= 15 is 0 Å². The second-order valence-corrected chi connectivity index (χ2v) is 6.09. The summed E-state index contributed by atoms with van der Waals surface area (Å²) >= 11 is 3.56. The number of fused-ring (bicyclic) bond motifs is 1. The number of rotatable bonds is 3. The molecule has 0 spiro atoms. The molecular formula is C16H19BrN2.